The van der Waals surface area contributed by atoms with Crippen LogP contribution in [0, 0.1) is 18.3 Å². The largest absolute Gasteiger partial charge is 0.424 e. The number of rotatable bonds is 6. The van der Waals surface area contributed by atoms with E-state index in [2.05, 4.69) is 48.9 Å². The summed E-state index contributed by atoms with van der Waals surface area (Å²) >= 11 is 0. The first-order valence-corrected chi connectivity index (χ1v) is 10.9. The lowest BCUT2D eigenvalue weighted by atomic mass is 9.90. The van der Waals surface area contributed by atoms with Crippen LogP contribution in [-0.4, -0.2) is 37.6 Å². The van der Waals surface area contributed by atoms with E-state index in [-0.39, 0.29) is 5.04 Å². The second kappa shape index (κ2) is 7.17. The summed E-state index contributed by atoms with van der Waals surface area (Å²) in [4.78, 5) is 14.4. The van der Waals surface area contributed by atoms with E-state index in [9.17, 15) is 4.80 Å². The average molecular weight is 350 g/mol. The van der Waals surface area contributed by atoms with Gasteiger partial charge in [0.25, 0.3) is 8.32 Å². The van der Waals surface area contributed by atoms with Gasteiger partial charge in [-0.2, -0.15) is 0 Å². The Bertz CT molecular complexity index is 690. The normalized spacial score (nSPS) is 16.2. The predicted octanol–water partition coefficient (Wildman–Crippen LogP) is 2.47. The summed E-state index contributed by atoms with van der Waals surface area (Å²) in [6, 6.07) is 20.5. The van der Waals surface area contributed by atoms with Crippen molar-refractivity contribution in [2.45, 2.75) is 25.3 Å². The van der Waals surface area contributed by atoms with Crippen LogP contribution < -0.4 is 10.4 Å². The third-order valence-corrected chi connectivity index (χ3v) is 10.0. The maximum atomic E-state index is 12.1. The van der Waals surface area contributed by atoms with Gasteiger partial charge in [-0.05, 0) is 27.8 Å². The second-order valence-corrected chi connectivity index (χ2v) is 11.7. The second-order valence-electron chi connectivity index (χ2n) is 7.79. The molecule has 2 aromatic carbocycles. The maximum absolute atomic E-state index is 12.1. The molecule has 0 aliphatic carbocycles. The molecule has 1 aliphatic heterocycles. The molecule has 0 amide bonds. The van der Waals surface area contributed by atoms with Crippen molar-refractivity contribution in [3.05, 3.63) is 60.7 Å². The van der Waals surface area contributed by atoms with Crippen molar-refractivity contribution in [2.24, 2.45) is 5.92 Å². The lowest BCUT2D eigenvalue weighted by molar-refractivity contribution is 0.101. The lowest BCUT2D eigenvalue weighted by Gasteiger charge is -2.47. The van der Waals surface area contributed by atoms with Crippen LogP contribution in [0.25, 0.3) is 0 Å². The Morgan fingerprint density at radius 2 is 1.52 bits per heavy atom. The standard InChI is InChI=1S/C22H27NOSi/c1-4-15-23-17-19(18-23)16-22(2,3)25(24,20-11-7-5-8-12-20)21-13-9-6-10-14-21/h1,5-14,19,24H,15-18H2,2-3H3. The molecule has 1 saturated heterocycles. The Hall–Kier alpha value is -1.86. The van der Waals surface area contributed by atoms with Crippen LogP contribution in [0.15, 0.2) is 60.7 Å². The molecule has 1 N–H and O–H groups in total. The van der Waals surface area contributed by atoms with E-state index < -0.39 is 8.32 Å². The van der Waals surface area contributed by atoms with Crippen molar-refractivity contribution < 1.29 is 4.80 Å². The van der Waals surface area contributed by atoms with E-state index in [1.807, 2.05) is 36.4 Å². The molecule has 0 spiro atoms. The smallest absolute Gasteiger partial charge is 0.258 e. The third-order valence-electron chi connectivity index (χ3n) is 5.51. The van der Waals surface area contributed by atoms with Gasteiger partial charge in [-0.3, -0.25) is 4.90 Å². The van der Waals surface area contributed by atoms with Gasteiger partial charge in [0, 0.05) is 13.1 Å². The van der Waals surface area contributed by atoms with E-state index in [0.29, 0.717) is 5.92 Å². The summed E-state index contributed by atoms with van der Waals surface area (Å²) < 4.78 is 0. The number of hydrogen-bond acceptors (Lipinski definition) is 2. The van der Waals surface area contributed by atoms with Gasteiger partial charge >= 0.3 is 0 Å². The molecule has 2 aromatic rings. The fraction of sp³-hybridized carbons (Fsp3) is 0.364. The Labute approximate surface area is 152 Å². The molecule has 0 aromatic heterocycles. The first-order valence-electron chi connectivity index (χ1n) is 8.96. The van der Waals surface area contributed by atoms with Crippen molar-refractivity contribution in [3.8, 4) is 12.3 Å². The molecule has 2 nitrogen and oxygen atoms in total. The highest BCUT2D eigenvalue weighted by molar-refractivity contribution is 6.98. The fourth-order valence-corrected chi connectivity index (χ4v) is 8.07. The number of likely N-dealkylation sites (tertiary alicyclic amines) is 1. The first kappa shape index (κ1) is 17.9. The third kappa shape index (κ3) is 3.43. The van der Waals surface area contributed by atoms with Gasteiger partial charge in [0.1, 0.15) is 0 Å². The molecule has 0 unspecified atom stereocenters. The molecule has 0 bridgehead atoms. The molecule has 0 saturated carbocycles. The summed E-state index contributed by atoms with van der Waals surface area (Å²) in [5.74, 6) is 3.33. The zero-order chi connectivity index (χ0) is 17.9. The topological polar surface area (TPSA) is 23.5 Å². The Morgan fingerprint density at radius 3 is 1.96 bits per heavy atom. The molecular weight excluding hydrogens is 322 g/mol. The van der Waals surface area contributed by atoms with E-state index in [0.717, 1.165) is 36.4 Å². The highest BCUT2D eigenvalue weighted by atomic mass is 28.4. The molecule has 25 heavy (non-hydrogen) atoms. The lowest BCUT2D eigenvalue weighted by Crippen LogP contribution is -2.66. The number of hydrogen-bond donors (Lipinski definition) is 1. The quantitative estimate of drug-likeness (QED) is 0.640. The van der Waals surface area contributed by atoms with Crippen LogP contribution in [0.3, 0.4) is 0 Å². The fourth-order valence-electron chi connectivity index (χ4n) is 4.24. The van der Waals surface area contributed by atoms with Gasteiger partial charge in [0.15, 0.2) is 0 Å². The van der Waals surface area contributed by atoms with Crippen molar-refractivity contribution in [2.75, 3.05) is 19.6 Å². The van der Waals surface area contributed by atoms with Crippen LogP contribution >= 0.6 is 0 Å². The van der Waals surface area contributed by atoms with E-state index >= 15 is 0 Å². The van der Waals surface area contributed by atoms with Crippen LogP contribution in [0.5, 0.6) is 0 Å². The Kier molecular flexibility index (Phi) is 5.15. The summed E-state index contributed by atoms with van der Waals surface area (Å²) in [6.45, 7) is 7.30. The number of nitrogens with zero attached hydrogens (tertiary/aromatic N) is 1. The van der Waals surface area contributed by atoms with Gasteiger partial charge in [-0.15, -0.1) is 6.42 Å². The van der Waals surface area contributed by atoms with Gasteiger partial charge in [-0.25, -0.2) is 0 Å². The zero-order valence-corrected chi connectivity index (χ0v) is 16.2. The van der Waals surface area contributed by atoms with Crippen molar-refractivity contribution >= 4 is 18.7 Å². The Morgan fingerprint density at radius 1 is 1.04 bits per heavy atom. The number of terminal acetylenes is 1. The minimum atomic E-state index is -2.87. The average Bonchev–Trinajstić information content (AvgIpc) is 2.60. The van der Waals surface area contributed by atoms with E-state index in [4.69, 9.17) is 6.42 Å². The molecule has 1 heterocycles. The SMILES string of the molecule is C#CCN1CC(CC(C)(C)[Si](O)(c2ccccc2)c2ccccc2)C1. The van der Waals surface area contributed by atoms with Crippen molar-refractivity contribution in [3.63, 3.8) is 0 Å². The van der Waals surface area contributed by atoms with Crippen LogP contribution in [-0.2, 0) is 0 Å². The van der Waals surface area contributed by atoms with Gasteiger partial charge < -0.3 is 4.80 Å². The van der Waals surface area contributed by atoms with Crippen molar-refractivity contribution in [1.29, 1.82) is 0 Å². The molecule has 1 fully saturated rings. The van der Waals surface area contributed by atoms with Crippen molar-refractivity contribution in [1.82, 2.24) is 4.90 Å². The molecular formula is C22H27NOSi. The van der Waals surface area contributed by atoms with Crippen LogP contribution in [0.4, 0.5) is 0 Å². The molecule has 3 rings (SSSR count). The van der Waals surface area contributed by atoms with E-state index in [1.54, 1.807) is 0 Å². The van der Waals surface area contributed by atoms with Gasteiger partial charge in [0.05, 0.1) is 6.54 Å². The zero-order valence-electron chi connectivity index (χ0n) is 15.2. The first-order chi connectivity index (χ1) is 12.0. The highest BCUT2D eigenvalue weighted by Crippen LogP contribution is 2.43. The molecule has 0 radical (unpaired) electrons. The van der Waals surface area contributed by atoms with Gasteiger partial charge in [-0.1, -0.05) is 80.4 Å². The summed E-state index contributed by atoms with van der Waals surface area (Å²) in [6.07, 6.45) is 6.42. The minimum Gasteiger partial charge on any atom is -0.424 e. The molecule has 0 atom stereocenters. The summed E-state index contributed by atoms with van der Waals surface area (Å²) in [5, 5.41) is 2.01. The monoisotopic (exact) mass is 349 g/mol. The highest BCUT2D eigenvalue weighted by Gasteiger charge is 2.51. The van der Waals surface area contributed by atoms with Crippen LogP contribution in [0.2, 0.25) is 5.04 Å². The predicted molar refractivity (Wildman–Crippen MR) is 108 cm³/mol. The van der Waals surface area contributed by atoms with E-state index in [1.165, 1.54) is 0 Å². The van der Waals surface area contributed by atoms with Gasteiger partial charge in [0.2, 0.25) is 0 Å². The van der Waals surface area contributed by atoms with Crippen LogP contribution in [0.1, 0.15) is 20.3 Å². The molecule has 3 heteroatoms. The summed E-state index contributed by atoms with van der Waals surface area (Å²) in [7, 11) is -2.87. The number of benzene rings is 2. The maximum Gasteiger partial charge on any atom is 0.258 e. The molecule has 1 aliphatic rings. The molecule has 130 valence electrons. The Balaban J connectivity index is 1.91. The minimum absolute atomic E-state index is 0.164. The summed E-state index contributed by atoms with van der Waals surface area (Å²) in [5.41, 5.74) is 0.